The molecule has 3 nitrogen and oxygen atoms in total. The lowest BCUT2D eigenvalue weighted by Crippen LogP contribution is -2.55. The van der Waals surface area contributed by atoms with Crippen molar-refractivity contribution in [2.45, 2.75) is 38.5 Å². The fourth-order valence-corrected chi connectivity index (χ4v) is 3.45. The number of rotatable bonds is 2. The maximum Gasteiger partial charge on any atom is 0.0954 e. The highest BCUT2D eigenvalue weighted by atomic mass is 16.5. The van der Waals surface area contributed by atoms with E-state index in [-0.39, 0.29) is 6.10 Å². The van der Waals surface area contributed by atoms with Crippen LogP contribution in [0, 0.1) is 0 Å². The van der Waals surface area contributed by atoms with Crippen molar-refractivity contribution in [3.05, 3.63) is 35.4 Å². The van der Waals surface area contributed by atoms with Gasteiger partial charge >= 0.3 is 0 Å². The highest BCUT2D eigenvalue weighted by Gasteiger charge is 2.27. The molecule has 1 N–H and O–H groups in total. The van der Waals surface area contributed by atoms with Gasteiger partial charge in [-0.3, -0.25) is 4.90 Å². The molecule has 1 saturated heterocycles. The molecule has 19 heavy (non-hydrogen) atoms. The lowest BCUT2D eigenvalue weighted by molar-refractivity contribution is 0.00704. The monoisotopic (exact) mass is 260 g/mol. The summed E-state index contributed by atoms with van der Waals surface area (Å²) in [7, 11) is 0. The van der Waals surface area contributed by atoms with Crippen molar-refractivity contribution in [1.82, 2.24) is 10.2 Å². The van der Waals surface area contributed by atoms with Gasteiger partial charge in [0, 0.05) is 31.7 Å². The van der Waals surface area contributed by atoms with Gasteiger partial charge in [-0.25, -0.2) is 0 Å². The number of hydrogen-bond donors (Lipinski definition) is 1. The van der Waals surface area contributed by atoms with Crippen LogP contribution in [0.3, 0.4) is 0 Å². The van der Waals surface area contributed by atoms with Gasteiger partial charge in [-0.05, 0) is 31.4 Å². The van der Waals surface area contributed by atoms with Crippen molar-refractivity contribution in [2.75, 3.05) is 26.2 Å². The number of fused-ring (bicyclic) bond motifs is 1. The summed E-state index contributed by atoms with van der Waals surface area (Å²) in [5.74, 6) is 0. The molecule has 1 aromatic rings. The summed E-state index contributed by atoms with van der Waals surface area (Å²) >= 11 is 0. The van der Waals surface area contributed by atoms with Crippen LogP contribution in [0.5, 0.6) is 0 Å². The molecule has 0 aromatic heterocycles. The Balaban J connectivity index is 1.70. The molecule has 0 radical (unpaired) electrons. The largest absolute Gasteiger partial charge is 0.372 e. The van der Waals surface area contributed by atoms with Gasteiger partial charge in [-0.15, -0.1) is 0 Å². The molecule has 2 aliphatic rings. The Kier molecular flexibility index (Phi) is 3.87. The molecule has 0 amide bonds. The standard InChI is InChI=1S/C16H24N2O/c1-12-9-18(10-13(2)17-12)11-16-15-6-4-3-5-14(15)7-8-19-16/h3-6,12-13,16-17H,7-11H2,1-2H3. The maximum absolute atomic E-state index is 6.02. The number of nitrogens with one attached hydrogen (secondary N) is 1. The van der Waals surface area contributed by atoms with Gasteiger partial charge in [0.1, 0.15) is 0 Å². The molecule has 3 heteroatoms. The van der Waals surface area contributed by atoms with Crippen molar-refractivity contribution < 1.29 is 4.74 Å². The number of ether oxygens (including phenoxy) is 1. The first-order chi connectivity index (χ1) is 9.22. The first-order valence-electron chi connectivity index (χ1n) is 7.40. The SMILES string of the molecule is CC1CN(CC2OCCc3ccccc32)CC(C)N1. The van der Waals surface area contributed by atoms with Crippen molar-refractivity contribution >= 4 is 0 Å². The summed E-state index contributed by atoms with van der Waals surface area (Å²) in [5.41, 5.74) is 2.86. The molecule has 104 valence electrons. The van der Waals surface area contributed by atoms with Crippen molar-refractivity contribution in [3.63, 3.8) is 0 Å². The molecule has 0 aliphatic carbocycles. The van der Waals surface area contributed by atoms with E-state index in [1.807, 2.05) is 0 Å². The summed E-state index contributed by atoms with van der Waals surface area (Å²) in [6.07, 6.45) is 1.31. The van der Waals surface area contributed by atoms with Gasteiger partial charge < -0.3 is 10.1 Å². The van der Waals surface area contributed by atoms with E-state index in [4.69, 9.17) is 4.74 Å². The van der Waals surface area contributed by atoms with E-state index in [1.54, 1.807) is 0 Å². The first kappa shape index (κ1) is 13.1. The molecular formula is C16H24N2O. The molecule has 2 heterocycles. The zero-order chi connectivity index (χ0) is 13.2. The molecule has 2 aliphatic heterocycles. The predicted molar refractivity (Wildman–Crippen MR) is 77.3 cm³/mol. The molecule has 1 fully saturated rings. The predicted octanol–water partition coefficient (Wildman–Crippen LogP) is 1.98. The smallest absolute Gasteiger partial charge is 0.0954 e. The van der Waals surface area contributed by atoms with E-state index >= 15 is 0 Å². The van der Waals surface area contributed by atoms with Gasteiger partial charge in [-0.1, -0.05) is 24.3 Å². The normalized spacial score (nSPS) is 32.0. The number of hydrogen-bond acceptors (Lipinski definition) is 3. The Bertz CT molecular complexity index is 425. The second-order valence-electron chi connectivity index (χ2n) is 6.00. The van der Waals surface area contributed by atoms with E-state index in [0.29, 0.717) is 12.1 Å². The maximum atomic E-state index is 6.02. The Labute approximate surface area is 115 Å². The molecule has 0 saturated carbocycles. The average molecular weight is 260 g/mol. The van der Waals surface area contributed by atoms with Crippen LogP contribution >= 0.6 is 0 Å². The molecule has 3 unspecified atom stereocenters. The number of nitrogens with zero attached hydrogens (tertiary/aromatic N) is 1. The zero-order valence-corrected chi connectivity index (χ0v) is 11.9. The fraction of sp³-hybridized carbons (Fsp3) is 0.625. The van der Waals surface area contributed by atoms with E-state index in [1.165, 1.54) is 11.1 Å². The molecule has 0 spiro atoms. The zero-order valence-electron chi connectivity index (χ0n) is 11.9. The lowest BCUT2D eigenvalue weighted by atomic mass is 9.97. The van der Waals surface area contributed by atoms with Crippen LogP contribution in [-0.4, -0.2) is 43.2 Å². The molecule has 0 bridgehead atoms. The molecule has 3 rings (SSSR count). The quantitative estimate of drug-likeness (QED) is 0.880. The Morgan fingerprint density at radius 1 is 1.21 bits per heavy atom. The molecule has 1 aromatic carbocycles. The van der Waals surface area contributed by atoms with Crippen LogP contribution in [0.2, 0.25) is 0 Å². The minimum atomic E-state index is 0.252. The Hall–Kier alpha value is -0.900. The first-order valence-corrected chi connectivity index (χ1v) is 7.40. The van der Waals surface area contributed by atoms with E-state index in [9.17, 15) is 0 Å². The van der Waals surface area contributed by atoms with Gasteiger partial charge in [-0.2, -0.15) is 0 Å². The number of piperazine rings is 1. The van der Waals surface area contributed by atoms with Gasteiger partial charge in [0.25, 0.3) is 0 Å². The number of benzene rings is 1. The molecule has 3 atom stereocenters. The third kappa shape index (κ3) is 2.99. The van der Waals surface area contributed by atoms with Gasteiger partial charge in [0.05, 0.1) is 12.7 Å². The highest BCUT2D eigenvalue weighted by Crippen LogP contribution is 2.28. The minimum Gasteiger partial charge on any atom is -0.372 e. The Morgan fingerprint density at radius 2 is 1.95 bits per heavy atom. The highest BCUT2D eigenvalue weighted by molar-refractivity contribution is 5.31. The van der Waals surface area contributed by atoms with Crippen LogP contribution in [0.25, 0.3) is 0 Å². The van der Waals surface area contributed by atoms with E-state index in [0.717, 1.165) is 32.7 Å². The van der Waals surface area contributed by atoms with Crippen LogP contribution in [0.4, 0.5) is 0 Å². The third-order valence-corrected chi connectivity index (χ3v) is 4.15. The van der Waals surface area contributed by atoms with E-state index < -0.39 is 0 Å². The Morgan fingerprint density at radius 3 is 2.74 bits per heavy atom. The van der Waals surface area contributed by atoms with Crippen LogP contribution in [0.1, 0.15) is 31.1 Å². The van der Waals surface area contributed by atoms with Gasteiger partial charge in [0.15, 0.2) is 0 Å². The van der Waals surface area contributed by atoms with Crippen LogP contribution in [0.15, 0.2) is 24.3 Å². The summed E-state index contributed by atoms with van der Waals surface area (Å²) in [6.45, 7) is 8.64. The molecular weight excluding hydrogens is 236 g/mol. The van der Waals surface area contributed by atoms with Gasteiger partial charge in [0.2, 0.25) is 0 Å². The summed E-state index contributed by atoms with van der Waals surface area (Å²) in [4.78, 5) is 2.54. The summed E-state index contributed by atoms with van der Waals surface area (Å²) < 4.78 is 6.02. The lowest BCUT2D eigenvalue weighted by Gasteiger charge is -2.39. The topological polar surface area (TPSA) is 24.5 Å². The van der Waals surface area contributed by atoms with Crippen LogP contribution < -0.4 is 5.32 Å². The van der Waals surface area contributed by atoms with Crippen LogP contribution in [-0.2, 0) is 11.2 Å². The van der Waals surface area contributed by atoms with Crippen molar-refractivity contribution in [3.8, 4) is 0 Å². The minimum absolute atomic E-state index is 0.252. The average Bonchev–Trinajstić information content (AvgIpc) is 2.38. The summed E-state index contributed by atoms with van der Waals surface area (Å²) in [5, 5.41) is 3.58. The van der Waals surface area contributed by atoms with E-state index in [2.05, 4.69) is 48.3 Å². The second kappa shape index (κ2) is 5.61. The third-order valence-electron chi connectivity index (χ3n) is 4.15. The summed E-state index contributed by atoms with van der Waals surface area (Å²) in [6, 6.07) is 9.88. The van der Waals surface area contributed by atoms with Crippen molar-refractivity contribution in [1.29, 1.82) is 0 Å². The second-order valence-corrected chi connectivity index (χ2v) is 6.00. The van der Waals surface area contributed by atoms with Crippen molar-refractivity contribution in [2.24, 2.45) is 0 Å². The fourth-order valence-electron chi connectivity index (χ4n) is 3.45.